The molecule has 0 N–H and O–H groups in total. The molecule has 1 aliphatic carbocycles. The molecule has 2 aromatic heterocycles. The predicted octanol–water partition coefficient (Wildman–Crippen LogP) is 14.8. The third kappa shape index (κ3) is 5.09. The number of nitrogens with zero attached hydrogens (tertiary/aromatic N) is 3. The van der Waals surface area contributed by atoms with Crippen molar-refractivity contribution >= 4 is 39.3 Å². The normalized spacial score (nSPS) is 13.3. The van der Waals surface area contributed by atoms with Crippen molar-refractivity contribution in [3.8, 4) is 56.3 Å². The highest BCUT2D eigenvalue weighted by molar-refractivity contribution is 5.97. The average Bonchev–Trinajstić information content (AvgIpc) is 4.06. The Labute approximate surface area is 357 Å². The molecule has 0 bridgehead atoms. The Morgan fingerprint density at radius 3 is 1.42 bits per heavy atom. The summed E-state index contributed by atoms with van der Waals surface area (Å²) < 4.78 is 12.6. The smallest absolute Gasteiger partial charge is 0.227 e. The first-order valence-electron chi connectivity index (χ1n) is 21.0. The largest absolute Gasteiger partial charge is 0.436 e. The summed E-state index contributed by atoms with van der Waals surface area (Å²) in [5.74, 6) is 1.10. The van der Waals surface area contributed by atoms with Crippen molar-refractivity contribution < 1.29 is 8.83 Å². The molecule has 0 atom stereocenters. The first-order valence-corrected chi connectivity index (χ1v) is 21.0. The van der Waals surface area contributed by atoms with Gasteiger partial charge in [-0.1, -0.05) is 140 Å². The van der Waals surface area contributed by atoms with E-state index in [-0.39, 0.29) is 0 Å². The third-order valence-corrected chi connectivity index (χ3v) is 12.7. The van der Waals surface area contributed by atoms with Crippen LogP contribution in [0.25, 0.3) is 78.5 Å². The van der Waals surface area contributed by atoms with Crippen LogP contribution in [0.2, 0.25) is 0 Å². The number of para-hydroxylation sites is 7. The van der Waals surface area contributed by atoms with E-state index in [0.717, 1.165) is 61.3 Å². The number of aromatic nitrogens is 2. The molecule has 11 aromatic rings. The summed E-state index contributed by atoms with van der Waals surface area (Å²) in [4.78, 5) is 12.1. The van der Waals surface area contributed by atoms with Crippen LogP contribution in [0, 0.1) is 0 Å². The lowest BCUT2D eigenvalue weighted by Gasteiger charge is -2.45. The maximum atomic E-state index is 6.29. The number of oxazole rings is 2. The van der Waals surface area contributed by atoms with E-state index >= 15 is 0 Å². The number of benzene rings is 9. The highest BCUT2D eigenvalue weighted by atomic mass is 16.4. The van der Waals surface area contributed by atoms with E-state index in [2.05, 4.69) is 163 Å². The van der Waals surface area contributed by atoms with Crippen LogP contribution in [-0.2, 0) is 5.41 Å². The number of rotatable bonds is 5. The summed E-state index contributed by atoms with van der Waals surface area (Å²) in [5.41, 5.74) is 19.9. The fourth-order valence-electron chi connectivity index (χ4n) is 10.0. The second-order valence-corrected chi connectivity index (χ2v) is 16.1. The average molecular weight is 794 g/mol. The monoisotopic (exact) mass is 793 g/mol. The van der Waals surface area contributed by atoms with Gasteiger partial charge in [0.15, 0.2) is 11.2 Å². The van der Waals surface area contributed by atoms with Gasteiger partial charge >= 0.3 is 0 Å². The third-order valence-electron chi connectivity index (χ3n) is 12.7. The van der Waals surface area contributed by atoms with Crippen LogP contribution in [-0.4, -0.2) is 9.97 Å². The van der Waals surface area contributed by atoms with Crippen molar-refractivity contribution in [3.63, 3.8) is 0 Å². The molecule has 0 amide bonds. The van der Waals surface area contributed by atoms with Gasteiger partial charge in [0, 0.05) is 16.8 Å². The molecular weight excluding hydrogens is 759 g/mol. The molecule has 0 radical (unpaired) electrons. The summed E-state index contributed by atoms with van der Waals surface area (Å²) >= 11 is 0. The van der Waals surface area contributed by atoms with Crippen molar-refractivity contribution in [1.29, 1.82) is 0 Å². The van der Waals surface area contributed by atoms with Crippen LogP contribution >= 0.6 is 0 Å². The molecule has 0 saturated heterocycles. The van der Waals surface area contributed by atoms with Gasteiger partial charge in [0.1, 0.15) is 11.0 Å². The predicted molar refractivity (Wildman–Crippen MR) is 249 cm³/mol. The van der Waals surface area contributed by atoms with Crippen LogP contribution in [0.4, 0.5) is 17.1 Å². The van der Waals surface area contributed by atoms with Crippen LogP contribution in [0.1, 0.15) is 22.3 Å². The maximum absolute atomic E-state index is 6.29. The fraction of sp³-hybridized carbons (Fsp3) is 0.0175. The van der Waals surface area contributed by atoms with E-state index in [1.807, 2.05) is 54.6 Å². The second kappa shape index (κ2) is 13.4. The zero-order valence-electron chi connectivity index (χ0n) is 33.4. The van der Waals surface area contributed by atoms with Gasteiger partial charge in [-0.25, -0.2) is 9.97 Å². The minimum Gasteiger partial charge on any atom is -0.436 e. The van der Waals surface area contributed by atoms with E-state index in [1.165, 1.54) is 44.8 Å². The zero-order valence-corrected chi connectivity index (χ0v) is 33.4. The molecule has 290 valence electrons. The summed E-state index contributed by atoms with van der Waals surface area (Å²) in [6.07, 6.45) is 0. The lowest BCUT2D eigenvalue weighted by atomic mass is 9.64. The summed E-state index contributed by atoms with van der Waals surface area (Å²) in [5, 5.41) is 0. The Balaban J connectivity index is 0.952. The van der Waals surface area contributed by atoms with Crippen molar-refractivity contribution in [2.45, 2.75) is 5.41 Å². The van der Waals surface area contributed by atoms with Gasteiger partial charge in [-0.05, 0) is 128 Å². The molecule has 13 rings (SSSR count). The van der Waals surface area contributed by atoms with Gasteiger partial charge < -0.3 is 13.7 Å². The zero-order chi connectivity index (χ0) is 40.8. The van der Waals surface area contributed by atoms with Crippen molar-refractivity contribution in [1.82, 2.24) is 9.97 Å². The van der Waals surface area contributed by atoms with Crippen LogP contribution in [0.5, 0.6) is 0 Å². The van der Waals surface area contributed by atoms with E-state index in [1.54, 1.807) is 0 Å². The molecule has 3 heterocycles. The second-order valence-electron chi connectivity index (χ2n) is 16.1. The first-order chi connectivity index (χ1) is 30.7. The SMILES string of the molecule is c1ccc(N2c3ccccc3C3(c4ccccc4-c4ccc(-c5ccc(-c6cc(-c7nc8ccccc8o7)cc(-c7nc8ccccc8o7)c6)cc5)cc43)c3ccccc32)cc1. The molecule has 62 heavy (non-hydrogen) atoms. The van der Waals surface area contributed by atoms with Crippen LogP contribution < -0.4 is 4.90 Å². The van der Waals surface area contributed by atoms with Crippen molar-refractivity contribution in [3.05, 3.63) is 235 Å². The molecule has 0 unspecified atom stereocenters. The minimum absolute atomic E-state index is 0.521. The van der Waals surface area contributed by atoms with Gasteiger partial charge in [0.2, 0.25) is 11.8 Å². The van der Waals surface area contributed by atoms with E-state index in [0.29, 0.717) is 11.8 Å². The minimum atomic E-state index is -0.521. The van der Waals surface area contributed by atoms with Gasteiger partial charge in [-0.3, -0.25) is 0 Å². The Morgan fingerprint density at radius 1 is 0.339 bits per heavy atom. The number of hydrogen-bond donors (Lipinski definition) is 0. The van der Waals surface area contributed by atoms with E-state index in [4.69, 9.17) is 18.8 Å². The van der Waals surface area contributed by atoms with Gasteiger partial charge in [0.25, 0.3) is 0 Å². The molecule has 9 aromatic carbocycles. The Morgan fingerprint density at radius 2 is 0.806 bits per heavy atom. The molecule has 0 saturated carbocycles. The topological polar surface area (TPSA) is 55.3 Å². The Hall–Kier alpha value is -8.28. The number of fused-ring (bicyclic) bond motifs is 11. The van der Waals surface area contributed by atoms with Crippen molar-refractivity contribution in [2.75, 3.05) is 4.90 Å². The van der Waals surface area contributed by atoms with Crippen LogP contribution in [0.3, 0.4) is 0 Å². The van der Waals surface area contributed by atoms with Gasteiger partial charge in [-0.15, -0.1) is 0 Å². The summed E-state index contributed by atoms with van der Waals surface area (Å²) in [7, 11) is 0. The number of hydrogen-bond acceptors (Lipinski definition) is 5. The molecule has 2 aliphatic rings. The van der Waals surface area contributed by atoms with Gasteiger partial charge in [0.05, 0.1) is 16.8 Å². The molecular formula is C57H35N3O2. The molecule has 1 spiro atoms. The quantitative estimate of drug-likeness (QED) is 0.174. The van der Waals surface area contributed by atoms with Crippen molar-refractivity contribution in [2.24, 2.45) is 0 Å². The summed E-state index contributed by atoms with van der Waals surface area (Å²) in [6.45, 7) is 0. The van der Waals surface area contributed by atoms with Gasteiger partial charge in [-0.2, -0.15) is 0 Å². The Bertz CT molecular complexity index is 3340. The number of anilines is 3. The molecule has 5 heteroatoms. The highest BCUT2D eigenvalue weighted by Crippen LogP contribution is 2.63. The molecule has 1 aliphatic heterocycles. The van der Waals surface area contributed by atoms with E-state index in [9.17, 15) is 0 Å². The Kier molecular flexibility index (Phi) is 7.45. The molecule has 5 nitrogen and oxygen atoms in total. The first kappa shape index (κ1) is 34.6. The molecule has 0 fully saturated rings. The van der Waals surface area contributed by atoms with Crippen LogP contribution in [0.15, 0.2) is 221 Å². The lowest BCUT2D eigenvalue weighted by Crippen LogP contribution is -2.36. The standard InChI is InChI=1S/C57H35N3O2/c1-2-14-42(15-3-1)60-51-22-10-6-18-46(51)57(47-19-7-11-23-52(47)60)45-17-5-4-16-43(45)44-31-30-38(35-48(44)57)36-26-28-37(29-27-36)39-32-40(55-58-49-20-8-12-24-53(49)61-55)34-41(33-39)56-59-50-21-9-13-25-54(50)62-56/h1-35H. The lowest BCUT2D eigenvalue weighted by molar-refractivity contribution is 0.617. The summed E-state index contributed by atoms with van der Waals surface area (Å²) in [6, 6.07) is 75.6. The maximum Gasteiger partial charge on any atom is 0.227 e. The van der Waals surface area contributed by atoms with E-state index < -0.39 is 5.41 Å². The fourth-order valence-corrected chi connectivity index (χ4v) is 10.0. The highest BCUT2D eigenvalue weighted by Gasteiger charge is 2.51.